The van der Waals surface area contributed by atoms with Gasteiger partial charge in [-0.1, -0.05) is 36.4 Å². The predicted molar refractivity (Wildman–Crippen MR) is 119 cm³/mol. The molecule has 0 unspecified atom stereocenters. The molecule has 0 aliphatic rings. The fraction of sp³-hybridized carbons (Fsp3) is 0.192. The zero-order valence-electron chi connectivity index (χ0n) is 17.8. The van der Waals surface area contributed by atoms with Gasteiger partial charge in [0.25, 0.3) is 0 Å². The standard InChI is InChI=1S/C26H25N2/c1-17(2)28-24-12-8-7-11-21(24)23-15-18(3)22(16-25(23)28)26-20-10-6-5-9-19(20)13-14-27(26)4/h5-17H,1-4H3/q+1/i5D. The molecule has 0 amide bonds. The summed E-state index contributed by atoms with van der Waals surface area (Å²) in [6.45, 7) is 6.70. The molecular formula is C26H25N2+. The van der Waals surface area contributed by atoms with Gasteiger partial charge in [-0.05, 0) is 56.0 Å². The molecule has 28 heavy (non-hydrogen) atoms. The lowest BCUT2D eigenvalue weighted by Gasteiger charge is -2.13. The second-order valence-electron chi connectivity index (χ2n) is 7.95. The Morgan fingerprint density at radius 3 is 2.50 bits per heavy atom. The van der Waals surface area contributed by atoms with Crippen LogP contribution in [-0.4, -0.2) is 4.57 Å². The Balaban J connectivity index is 1.92. The third kappa shape index (κ3) is 2.37. The summed E-state index contributed by atoms with van der Waals surface area (Å²) in [5.41, 5.74) is 6.27. The van der Waals surface area contributed by atoms with Crippen LogP contribution in [0.25, 0.3) is 43.8 Å². The van der Waals surface area contributed by atoms with Gasteiger partial charge >= 0.3 is 0 Å². The van der Waals surface area contributed by atoms with Crippen LogP contribution in [0.3, 0.4) is 0 Å². The summed E-state index contributed by atoms with van der Waals surface area (Å²) in [6.07, 6.45) is 2.10. The number of fused-ring (bicyclic) bond motifs is 4. The number of benzene rings is 3. The van der Waals surface area contributed by atoms with E-state index in [1.54, 1.807) is 0 Å². The third-order valence-electron chi connectivity index (χ3n) is 5.81. The Morgan fingerprint density at radius 1 is 0.893 bits per heavy atom. The van der Waals surface area contributed by atoms with Crippen molar-refractivity contribution in [3.8, 4) is 11.3 Å². The average Bonchev–Trinajstić information content (AvgIpc) is 3.01. The fourth-order valence-corrected chi connectivity index (χ4v) is 4.55. The minimum absolute atomic E-state index is 0.375. The van der Waals surface area contributed by atoms with Gasteiger partial charge in [0.05, 0.1) is 17.8 Å². The van der Waals surface area contributed by atoms with E-state index in [4.69, 9.17) is 1.37 Å². The first kappa shape index (κ1) is 15.9. The molecule has 138 valence electrons. The highest BCUT2D eigenvalue weighted by Crippen LogP contribution is 2.37. The number of para-hydroxylation sites is 1. The van der Waals surface area contributed by atoms with Gasteiger partial charge in [-0.3, -0.25) is 0 Å². The van der Waals surface area contributed by atoms with Crippen molar-refractivity contribution in [2.24, 2.45) is 7.05 Å². The van der Waals surface area contributed by atoms with E-state index in [9.17, 15) is 0 Å². The average molecular weight is 367 g/mol. The van der Waals surface area contributed by atoms with Gasteiger partial charge in [0.15, 0.2) is 6.20 Å². The summed E-state index contributed by atoms with van der Waals surface area (Å²) in [5.74, 6) is 0. The summed E-state index contributed by atoms with van der Waals surface area (Å²) < 4.78 is 12.6. The highest BCUT2D eigenvalue weighted by atomic mass is 15.0. The molecule has 0 aliphatic heterocycles. The number of aryl methyl sites for hydroxylation is 2. The van der Waals surface area contributed by atoms with Gasteiger partial charge in [-0.2, -0.15) is 0 Å². The SMILES string of the molecule is [2H]c1ccc2c(-c3cc4c(cc3C)c3ccccc3n4C(C)C)[n+](C)ccc2c1. The minimum Gasteiger partial charge on any atom is -0.338 e. The van der Waals surface area contributed by atoms with E-state index in [1.807, 2.05) is 12.1 Å². The number of rotatable bonds is 2. The Morgan fingerprint density at radius 2 is 1.68 bits per heavy atom. The minimum atomic E-state index is 0.375. The largest absolute Gasteiger partial charge is 0.338 e. The summed E-state index contributed by atoms with van der Waals surface area (Å²) >= 11 is 0. The molecule has 0 bridgehead atoms. The van der Waals surface area contributed by atoms with E-state index in [1.165, 1.54) is 44.0 Å². The fourth-order valence-electron chi connectivity index (χ4n) is 4.55. The van der Waals surface area contributed by atoms with Crippen LogP contribution in [-0.2, 0) is 7.05 Å². The molecule has 0 spiro atoms. The van der Waals surface area contributed by atoms with Crippen molar-refractivity contribution in [3.63, 3.8) is 0 Å². The molecule has 3 aromatic carbocycles. The first-order valence-corrected chi connectivity index (χ1v) is 9.88. The Hall–Kier alpha value is -3.13. The van der Waals surface area contributed by atoms with Crippen molar-refractivity contribution in [1.29, 1.82) is 0 Å². The Bertz CT molecular complexity index is 1410. The zero-order chi connectivity index (χ0) is 20.3. The Labute approximate surface area is 167 Å². The van der Waals surface area contributed by atoms with Crippen LogP contribution in [0.1, 0.15) is 26.8 Å². The lowest BCUT2D eigenvalue weighted by molar-refractivity contribution is -0.659. The number of nitrogens with zero attached hydrogens (tertiary/aromatic N) is 2. The molecule has 0 saturated carbocycles. The van der Waals surface area contributed by atoms with Crippen molar-refractivity contribution in [2.75, 3.05) is 0 Å². The van der Waals surface area contributed by atoms with Crippen molar-refractivity contribution in [2.45, 2.75) is 26.8 Å². The summed E-state index contributed by atoms with van der Waals surface area (Å²) in [7, 11) is 2.10. The van der Waals surface area contributed by atoms with Gasteiger partial charge in [-0.25, -0.2) is 4.57 Å². The second-order valence-corrected chi connectivity index (χ2v) is 7.95. The Kier molecular flexibility index (Phi) is 3.52. The van der Waals surface area contributed by atoms with Crippen LogP contribution >= 0.6 is 0 Å². The van der Waals surface area contributed by atoms with E-state index in [0.29, 0.717) is 12.1 Å². The normalized spacial score (nSPS) is 12.4. The third-order valence-corrected chi connectivity index (χ3v) is 5.81. The maximum atomic E-state index is 7.98. The quantitative estimate of drug-likeness (QED) is 0.323. The second kappa shape index (κ2) is 6.20. The maximum Gasteiger partial charge on any atom is 0.220 e. The molecule has 0 radical (unpaired) electrons. The van der Waals surface area contributed by atoms with E-state index in [-0.39, 0.29) is 0 Å². The van der Waals surface area contributed by atoms with Crippen molar-refractivity contribution in [1.82, 2.24) is 4.57 Å². The van der Waals surface area contributed by atoms with E-state index >= 15 is 0 Å². The molecular weight excluding hydrogens is 340 g/mol. The first-order valence-electron chi connectivity index (χ1n) is 10.4. The van der Waals surface area contributed by atoms with Gasteiger partial charge in [0.1, 0.15) is 7.05 Å². The topological polar surface area (TPSA) is 8.81 Å². The number of pyridine rings is 1. The van der Waals surface area contributed by atoms with Gasteiger partial charge < -0.3 is 4.57 Å². The zero-order valence-corrected chi connectivity index (χ0v) is 16.8. The van der Waals surface area contributed by atoms with Crippen LogP contribution in [0.2, 0.25) is 0 Å². The molecule has 0 N–H and O–H groups in total. The number of hydrogen-bond acceptors (Lipinski definition) is 0. The van der Waals surface area contributed by atoms with E-state index in [2.05, 4.69) is 91.7 Å². The highest BCUT2D eigenvalue weighted by molar-refractivity contribution is 6.10. The molecule has 0 saturated heterocycles. The van der Waals surface area contributed by atoms with Gasteiger partial charge in [0.2, 0.25) is 5.69 Å². The molecule has 0 fully saturated rings. The van der Waals surface area contributed by atoms with E-state index in [0.717, 1.165) is 5.39 Å². The first-order chi connectivity index (χ1) is 14.0. The van der Waals surface area contributed by atoms with Gasteiger partial charge in [-0.15, -0.1) is 0 Å². The highest BCUT2D eigenvalue weighted by Gasteiger charge is 2.20. The van der Waals surface area contributed by atoms with Crippen molar-refractivity contribution < 1.29 is 5.94 Å². The number of aromatic nitrogens is 2. The maximum absolute atomic E-state index is 7.98. The molecule has 2 nitrogen and oxygen atoms in total. The van der Waals surface area contributed by atoms with Crippen molar-refractivity contribution in [3.05, 3.63) is 78.5 Å². The molecule has 0 atom stereocenters. The van der Waals surface area contributed by atoms with Gasteiger partial charge in [0, 0.05) is 28.4 Å². The van der Waals surface area contributed by atoms with E-state index < -0.39 is 0 Å². The van der Waals surface area contributed by atoms with Crippen molar-refractivity contribution >= 4 is 32.6 Å². The molecule has 2 heteroatoms. The molecule has 2 heterocycles. The molecule has 5 aromatic rings. The van der Waals surface area contributed by atoms with Crippen LogP contribution in [0.5, 0.6) is 0 Å². The lowest BCUT2D eigenvalue weighted by Crippen LogP contribution is -2.30. The summed E-state index contributed by atoms with van der Waals surface area (Å²) in [4.78, 5) is 0. The lowest BCUT2D eigenvalue weighted by atomic mass is 9.97. The van der Waals surface area contributed by atoms with Crippen LogP contribution in [0, 0.1) is 6.92 Å². The van der Waals surface area contributed by atoms with Crippen LogP contribution < -0.4 is 4.57 Å². The molecule has 5 rings (SSSR count). The summed E-state index contributed by atoms with van der Waals surface area (Å²) in [5, 5.41) is 4.91. The monoisotopic (exact) mass is 366 g/mol. The summed E-state index contributed by atoms with van der Waals surface area (Å²) in [6, 6.07) is 22.3. The molecule has 0 aliphatic carbocycles. The smallest absolute Gasteiger partial charge is 0.220 e. The van der Waals surface area contributed by atoms with Crippen LogP contribution in [0.15, 0.2) is 72.9 Å². The predicted octanol–water partition coefficient (Wildman–Crippen LogP) is 6.33. The molecule has 2 aromatic heterocycles. The van der Waals surface area contributed by atoms with Crippen LogP contribution in [0.4, 0.5) is 0 Å². The number of hydrogen-bond donors (Lipinski definition) is 0.